The molecule has 3 nitrogen and oxygen atoms in total. The van der Waals surface area contributed by atoms with Crippen molar-refractivity contribution in [2.24, 2.45) is 0 Å². The van der Waals surface area contributed by atoms with Gasteiger partial charge in [0.05, 0.1) is 18.2 Å². The molecule has 0 aromatic carbocycles. The van der Waals surface area contributed by atoms with Crippen LogP contribution in [0.1, 0.15) is 11.3 Å². The highest BCUT2D eigenvalue weighted by molar-refractivity contribution is 14.1. The molecule has 0 aliphatic carbocycles. The Hall–Kier alpha value is -1.11. The van der Waals surface area contributed by atoms with Gasteiger partial charge in [0.2, 0.25) is 0 Å². The van der Waals surface area contributed by atoms with Crippen molar-refractivity contribution < 1.29 is 22.3 Å². The van der Waals surface area contributed by atoms with Crippen LogP contribution in [0.15, 0.2) is 6.07 Å². The third-order valence-corrected chi connectivity index (χ3v) is 2.64. The molecular formula is C9H5F4IN2O. The Morgan fingerprint density at radius 2 is 2.12 bits per heavy atom. The molecule has 8 heteroatoms. The molecule has 0 spiro atoms. The number of ether oxygens (including phenoxy) is 1. The van der Waals surface area contributed by atoms with Gasteiger partial charge in [0.15, 0.2) is 5.75 Å². The first kappa shape index (κ1) is 14.0. The van der Waals surface area contributed by atoms with E-state index in [1.807, 2.05) is 0 Å². The summed E-state index contributed by atoms with van der Waals surface area (Å²) in [6.45, 7) is -0.952. The second-order valence-corrected chi connectivity index (χ2v) is 3.92. The quantitative estimate of drug-likeness (QED) is 0.473. The summed E-state index contributed by atoms with van der Waals surface area (Å²) in [7, 11) is 0. The molecule has 0 fully saturated rings. The predicted octanol–water partition coefficient (Wildman–Crippen LogP) is 3.12. The summed E-state index contributed by atoms with van der Waals surface area (Å²) in [6.07, 6.45) is -5.24. The van der Waals surface area contributed by atoms with Gasteiger partial charge in [-0.15, -0.1) is 13.2 Å². The standard InChI is InChI=1S/C9H5F4IN2O/c10-4-5-3-7(17-9(11,12)13)6(1-2-15)16-8(5)14/h3H,1,4H2. The third-order valence-electron chi connectivity index (χ3n) is 1.70. The van der Waals surface area contributed by atoms with Crippen LogP contribution >= 0.6 is 22.6 Å². The van der Waals surface area contributed by atoms with Crippen LogP contribution in [-0.4, -0.2) is 11.3 Å². The molecule has 17 heavy (non-hydrogen) atoms. The van der Waals surface area contributed by atoms with Gasteiger partial charge >= 0.3 is 6.36 Å². The largest absolute Gasteiger partial charge is 0.573 e. The average molecular weight is 360 g/mol. The van der Waals surface area contributed by atoms with Gasteiger partial charge in [-0.3, -0.25) is 0 Å². The summed E-state index contributed by atoms with van der Waals surface area (Å²) in [5.74, 6) is -0.632. The van der Waals surface area contributed by atoms with Crippen molar-refractivity contribution in [2.75, 3.05) is 0 Å². The Morgan fingerprint density at radius 1 is 1.47 bits per heavy atom. The van der Waals surface area contributed by atoms with Gasteiger partial charge in [0.25, 0.3) is 0 Å². The molecule has 0 atom stereocenters. The molecule has 1 rings (SSSR count). The van der Waals surface area contributed by atoms with Crippen molar-refractivity contribution >= 4 is 22.6 Å². The first-order chi connectivity index (χ1) is 7.87. The average Bonchev–Trinajstić information content (AvgIpc) is 2.20. The van der Waals surface area contributed by atoms with E-state index in [1.165, 1.54) is 0 Å². The predicted molar refractivity (Wildman–Crippen MR) is 57.8 cm³/mol. The van der Waals surface area contributed by atoms with Crippen LogP contribution in [-0.2, 0) is 13.1 Å². The highest BCUT2D eigenvalue weighted by Gasteiger charge is 2.32. The minimum atomic E-state index is -4.90. The van der Waals surface area contributed by atoms with E-state index in [1.54, 1.807) is 28.7 Å². The summed E-state index contributed by atoms with van der Waals surface area (Å²) in [6, 6.07) is 2.58. The van der Waals surface area contributed by atoms with Crippen molar-refractivity contribution in [2.45, 2.75) is 19.5 Å². The number of aromatic nitrogens is 1. The van der Waals surface area contributed by atoms with Crippen LogP contribution in [0.3, 0.4) is 0 Å². The molecule has 1 aromatic rings. The fourth-order valence-electron chi connectivity index (χ4n) is 1.05. The number of rotatable bonds is 3. The number of halogens is 5. The van der Waals surface area contributed by atoms with E-state index in [0.29, 0.717) is 0 Å². The summed E-state index contributed by atoms with van der Waals surface area (Å²) in [4.78, 5) is 3.72. The van der Waals surface area contributed by atoms with Crippen LogP contribution in [0, 0.1) is 15.0 Å². The van der Waals surface area contributed by atoms with Crippen LogP contribution in [0.4, 0.5) is 17.6 Å². The van der Waals surface area contributed by atoms with E-state index in [2.05, 4.69) is 9.72 Å². The van der Waals surface area contributed by atoms with Crippen LogP contribution in [0.5, 0.6) is 5.75 Å². The topological polar surface area (TPSA) is 45.9 Å². The number of nitrogens with zero attached hydrogens (tertiary/aromatic N) is 2. The van der Waals surface area contributed by atoms with Gasteiger partial charge in [-0.1, -0.05) is 0 Å². The van der Waals surface area contributed by atoms with Crippen LogP contribution < -0.4 is 4.74 Å². The zero-order valence-corrected chi connectivity index (χ0v) is 10.3. The number of alkyl halides is 4. The molecule has 0 radical (unpaired) electrons. The number of nitriles is 1. The molecule has 1 heterocycles. The Balaban J connectivity index is 3.20. The molecule has 0 saturated carbocycles. The van der Waals surface area contributed by atoms with Crippen molar-refractivity contribution in [3.63, 3.8) is 0 Å². The monoisotopic (exact) mass is 360 g/mol. The summed E-state index contributed by atoms with van der Waals surface area (Å²) in [5.41, 5.74) is -0.169. The summed E-state index contributed by atoms with van der Waals surface area (Å²) < 4.78 is 52.6. The summed E-state index contributed by atoms with van der Waals surface area (Å²) >= 11 is 1.68. The Labute approximate surface area is 108 Å². The zero-order valence-electron chi connectivity index (χ0n) is 8.18. The van der Waals surface area contributed by atoms with Crippen LogP contribution in [0.2, 0.25) is 0 Å². The van der Waals surface area contributed by atoms with Crippen molar-refractivity contribution in [1.82, 2.24) is 4.98 Å². The van der Waals surface area contributed by atoms with Crippen molar-refractivity contribution in [3.05, 3.63) is 21.0 Å². The van der Waals surface area contributed by atoms with Crippen LogP contribution in [0.25, 0.3) is 0 Å². The second kappa shape index (κ2) is 5.48. The highest BCUT2D eigenvalue weighted by Crippen LogP contribution is 2.28. The molecule has 0 aliphatic heterocycles. The third kappa shape index (κ3) is 3.99. The van der Waals surface area contributed by atoms with Crippen molar-refractivity contribution in [3.8, 4) is 11.8 Å². The SMILES string of the molecule is N#CCc1nc(I)c(CF)cc1OC(F)(F)F. The normalized spacial score (nSPS) is 11.1. The van der Waals surface area contributed by atoms with Gasteiger partial charge < -0.3 is 4.74 Å². The molecule has 92 valence electrons. The summed E-state index contributed by atoms with van der Waals surface area (Å²) in [5, 5.41) is 8.46. The Bertz CT molecular complexity index is 456. The van der Waals surface area contributed by atoms with Gasteiger partial charge in [-0.2, -0.15) is 5.26 Å². The van der Waals surface area contributed by atoms with Gasteiger partial charge in [-0.25, -0.2) is 9.37 Å². The van der Waals surface area contributed by atoms with E-state index < -0.39 is 18.8 Å². The highest BCUT2D eigenvalue weighted by atomic mass is 127. The maximum Gasteiger partial charge on any atom is 0.573 e. The molecule has 0 saturated heterocycles. The van der Waals surface area contributed by atoms with E-state index in [9.17, 15) is 17.6 Å². The van der Waals surface area contributed by atoms with Crippen molar-refractivity contribution in [1.29, 1.82) is 5.26 Å². The van der Waals surface area contributed by atoms with E-state index in [0.717, 1.165) is 6.07 Å². The molecule has 0 amide bonds. The van der Waals surface area contributed by atoms with E-state index in [-0.39, 0.29) is 21.4 Å². The fraction of sp³-hybridized carbons (Fsp3) is 0.333. The number of pyridine rings is 1. The maximum atomic E-state index is 12.5. The molecule has 0 unspecified atom stereocenters. The first-order valence-electron chi connectivity index (χ1n) is 4.24. The zero-order chi connectivity index (χ0) is 13.1. The first-order valence-corrected chi connectivity index (χ1v) is 5.32. The fourth-order valence-corrected chi connectivity index (χ4v) is 1.65. The smallest absolute Gasteiger partial charge is 0.404 e. The lowest BCUT2D eigenvalue weighted by atomic mass is 10.2. The molecule has 0 aliphatic rings. The lowest BCUT2D eigenvalue weighted by Crippen LogP contribution is -2.19. The number of hydrogen-bond donors (Lipinski definition) is 0. The minimum absolute atomic E-state index is 0.00783. The van der Waals surface area contributed by atoms with E-state index in [4.69, 9.17) is 5.26 Å². The molecule has 0 N–H and O–H groups in total. The Kier molecular flexibility index (Phi) is 4.50. The minimum Gasteiger partial charge on any atom is -0.404 e. The molecular weight excluding hydrogens is 355 g/mol. The number of hydrogen-bond acceptors (Lipinski definition) is 3. The molecule has 0 bridgehead atoms. The lowest BCUT2D eigenvalue weighted by Gasteiger charge is -2.13. The van der Waals surface area contributed by atoms with Gasteiger partial charge in [-0.05, 0) is 28.7 Å². The van der Waals surface area contributed by atoms with Gasteiger partial charge in [0, 0.05) is 5.56 Å². The maximum absolute atomic E-state index is 12.5. The second-order valence-electron chi connectivity index (χ2n) is 2.90. The van der Waals surface area contributed by atoms with E-state index >= 15 is 0 Å². The Morgan fingerprint density at radius 3 is 2.59 bits per heavy atom. The lowest BCUT2D eigenvalue weighted by molar-refractivity contribution is -0.275. The molecule has 1 aromatic heterocycles. The van der Waals surface area contributed by atoms with Gasteiger partial charge in [0.1, 0.15) is 10.4 Å².